The second-order valence-electron chi connectivity index (χ2n) is 7.64. The molecule has 4 rings (SSSR count). The van der Waals surface area contributed by atoms with Gasteiger partial charge in [-0.25, -0.2) is 12.8 Å². The number of sulfone groups is 1. The van der Waals surface area contributed by atoms with Gasteiger partial charge in [-0.1, -0.05) is 48.0 Å². The molecule has 2 aromatic carbocycles. The minimum absolute atomic E-state index is 0.126. The van der Waals surface area contributed by atoms with E-state index in [1.165, 1.54) is 12.1 Å². The normalized spacial score (nSPS) is 23.4. The van der Waals surface area contributed by atoms with Crippen molar-refractivity contribution in [3.05, 3.63) is 76.6 Å². The van der Waals surface area contributed by atoms with Gasteiger partial charge in [-0.3, -0.25) is 0 Å². The van der Waals surface area contributed by atoms with Crippen LogP contribution in [0.1, 0.15) is 30.9 Å². The first-order valence-corrected chi connectivity index (χ1v) is 11.3. The first-order valence-electron chi connectivity index (χ1n) is 9.62. The van der Waals surface area contributed by atoms with Crippen molar-refractivity contribution in [2.24, 2.45) is 0 Å². The van der Waals surface area contributed by atoms with Crippen molar-refractivity contribution in [1.29, 1.82) is 0 Å². The summed E-state index contributed by atoms with van der Waals surface area (Å²) in [5, 5.41) is 8.93. The van der Waals surface area contributed by atoms with Gasteiger partial charge in [0.25, 0.3) is 0 Å². The van der Waals surface area contributed by atoms with E-state index in [-0.39, 0.29) is 24.2 Å². The largest absolute Gasteiger partial charge is 0.505 e. The van der Waals surface area contributed by atoms with E-state index in [1.54, 1.807) is 6.07 Å². The molecule has 2 heterocycles. The standard InChI is InChI=1S/C23H23FO4S/c1-15-14-29(26,27)22-13-28-21(23(15)22)10-8-18(17-5-3-2-4-6-17)11-16-7-9-20(25)19(24)12-16/h2-7,9,11-12,21-22,25H,8,10,13-14H2,1H3/b18-11-/t21-,22+/m1/s1. The van der Waals surface area contributed by atoms with Crippen molar-refractivity contribution in [1.82, 2.24) is 0 Å². The first-order chi connectivity index (χ1) is 13.8. The Balaban J connectivity index is 1.59. The highest BCUT2D eigenvalue weighted by molar-refractivity contribution is 7.92. The summed E-state index contributed by atoms with van der Waals surface area (Å²) in [6.45, 7) is 2.11. The van der Waals surface area contributed by atoms with Crippen LogP contribution < -0.4 is 0 Å². The van der Waals surface area contributed by atoms with Gasteiger partial charge in [0.1, 0.15) is 5.25 Å². The molecule has 0 spiro atoms. The third-order valence-corrected chi connectivity index (χ3v) is 7.71. The zero-order chi connectivity index (χ0) is 20.6. The number of aromatic hydroxyl groups is 1. The molecule has 6 heteroatoms. The predicted octanol–water partition coefficient (Wildman–Crippen LogP) is 4.36. The third-order valence-electron chi connectivity index (χ3n) is 5.62. The molecule has 0 aromatic heterocycles. The Hall–Kier alpha value is -2.44. The van der Waals surface area contributed by atoms with E-state index in [9.17, 15) is 17.9 Å². The lowest BCUT2D eigenvalue weighted by atomic mass is 9.94. The Labute approximate surface area is 170 Å². The summed E-state index contributed by atoms with van der Waals surface area (Å²) in [7, 11) is -3.13. The molecule has 2 aliphatic heterocycles. The van der Waals surface area contributed by atoms with Crippen LogP contribution in [0.5, 0.6) is 5.75 Å². The summed E-state index contributed by atoms with van der Waals surface area (Å²) in [6.07, 6.45) is 3.00. The lowest BCUT2D eigenvalue weighted by molar-refractivity contribution is 0.118. The van der Waals surface area contributed by atoms with E-state index in [1.807, 2.05) is 43.3 Å². The molecule has 0 saturated carbocycles. The highest BCUT2D eigenvalue weighted by Gasteiger charge is 2.45. The van der Waals surface area contributed by atoms with Crippen LogP contribution in [-0.4, -0.2) is 37.2 Å². The zero-order valence-corrected chi connectivity index (χ0v) is 17.0. The molecular formula is C23H23FO4S. The zero-order valence-electron chi connectivity index (χ0n) is 16.1. The summed E-state index contributed by atoms with van der Waals surface area (Å²) in [4.78, 5) is 0. The summed E-state index contributed by atoms with van der Waals surface area (Å²) in [5.41, 5.74) is 4.50. The van der Waals surface area contributed by atoms with Gasteiger partial charge in [0, 0.05) is 0 Å². The first kappa shape index (κ1) is 19.9. The highest BCUT2D eigenvalue weighted by Crippen LogP contribution is 2.39. The Bertz CT molecular complexity index is 1090. The fourth-order valence-electron chi connectivity index (χ4n) is 4.21. The maximum atomic E-state index is 13.8. The third kappa shape index (κ3) is 4.00. The molecule has 2 atom stereocenters. The van der Waals surface area contributed by atoms with E-state index in [0.717, 1.165) is 22.3 Å². The lowest BCUT2D eigenvalue weighted by Gasteiger charge is -2.15. The van der Waals surface area contributed by atoms with Gasteiger partial charge in [-0.2, -0.15) is 0 Å². The maximum Gasteiger partial charge on any atom is 0.165 e. The number of hydrogen-bond acceptors (Lipinski definition) is 4. The number of allylic oxidation sites excluding steroid dienone is 1. The Morgan fingerprint density at radius 3 is 2.72 bits per heavy atom. The minimum Gasteiger partial charge on any atom is -0.505 e. The van der Waals surface area contributed by atoms with Gasteiger partial charge in [0.2, 0.25) is 0 Å². The van der Waals surface area contributed by atoms with Gasteiger partial charge in [0.15, 0.2) is 21.4 Å². The van der Waals surface area contributed by atoms with Crippen molar-refractivity contribution >= 4 is 21.5 Å². The lowest BCUT2D eigenvalue weighted by Crippen LogP contribution is -2.19. The second kappa shape index (κ2) is 7.76. The molecule has 4 nitrogen and oxygen atoms in total. The van der Waals surface area contributed by atoms with E-state index in [4.69, 9.17) is 4.74 Å². The Morgan fingerprint density at radius 1 is 1.24 bits per heavy atom. The fraction of sp³-hybridized carbons (Fsp3) is 0.304. The number of hydrogen-bond donors (Lipinski definition) is 1. The average molecular weight is 414 g/mol. The van der Waals surface area contributed by atoms with Crippen LogP contribution in [0.2, 0.25) is 0 Å². The van der Waals surface area contributed by atoms with Gasteiger partial charge in [-0.05, 0) is 54.2 Å². The van der Waals surface area contributed by atoms with Crippen LogP contribution >= 0.6 is 0 Å². The van der Waals surface area contributed by atoms with Crippen molar-refractivity contribution < 1.29 is 22.7 Å². The van der Waals surface area contributed by atoms with Crippen LogP contribution in [0.25, 0.3) is 11.6 Å². The van der Waals surface area contributed by atoms with Crippen LogP contribution in [0, 0.1) is 5.82 Å². The molecule has 0 bridgehead atoms. The molecule has 1 N–H and O–H groups in total. The van der Waals surface area contributed by atoms with E-state index < -0.39 is 20.9 Å². The number of fused-ring (bicyclic) bond motifs is 1. The predicted molar refractivity (Wildman–Crippen MR) is 112 cm³/mol. The van der Waals surface area contributed by atoms with Gasteiger partial charge in [0.05, 0.1) is 18.5 Å². The Morgan fingerprint density at radius 2 is 2.00 bits per heavy atom. The topological polar surface area (TPSA) is 63.6 Å². The van der Waals surface area contributed by atoms with Gasteiger partial charge in [-0.15, -0.1) is 0 Å². The minimum atomic E-state index is -3.13. The van der Waals surface area contributed by atoms with Crippen LogP contribution in [0.3, 0.4) is 0 Å². The van der Waals surface area contributed by atoms with E-state index in [2.05, 4.69) is 0 Å². The molecule has 0 radical (unpaired) electrons. The van der Waals surface area contributed by atoms with Crippen molar-refractivity contribution in [2.45, 2.75) is 31.1 Å². The highest BCUT2D eigenvalue weighted by atomic mass is 32.2. The van der Waals surface area contributed by atoms with Crippen molar-refractivity contribution in [3.8, 4) is 5.75 Å². The maximum absolute atomic E-state index is 13.8. The van der Waals surface area contributed by atoms with Gasteiger partial charge < -0.3 is 9.84 Å². The fourth-order valence-corrected chi connectivity index (χ4v) is 6.21. The summed E-state index contributed by atoms with van der Waals surface area (Å²) >= 11 is 0. The molecule has 2 aromatic rings. The molecular weight excluding hydrogens is 391 g/mol. The summed E-state index contributed by atoms with van der Waals surface area (Å²) in [5.74, 6) is -0.912. The monoisotopic (exact) mass is 414 g/mol. The molecule has 0 unspecified atom stereocenters. The molecule has 1 saturated heterocycles. The molecule has 0 aliphatic carbocycles. The van der Waals surface area contributed by atoms with E-state index >= 15 is 0 Å². The Kier molecular flexibility index (Phi) is 5.32. The van der Waals surface area contributed by atoms with Crippen molar-refractivity contribution in [2.75, 3.05) is 12.4 Å². The molecule has 1 fully saturated rings. The number of phenols is 1. The van der Waals surface area contributed by atoms with Crippen LogP contribution in [0.15, 0.2) is 59.7 Å². The smallest absolute Gasteiger partial charge is 0.165 e. The van der Waals surface area contributed by atoms with Gasteiger partial charge >= 0.3 is 0 Å². The number of rotatable bonds is 5. The van der Waals surface area contributed by atoms with Crippen molar-refractivity contribution in [3.63, 3.8) is 0 Å². The summed E-state index contributed by atoms with van der Waals surface area (Å²) in [6, 6.07) is 14.1. The van der Waals surface area contributed by atoms with Crippen LogP contribution in [-0.2, 0) is 14.6 Å². The second-order valence-corrected chi connectivity index (χ2v) is 9.82. The average Bonchev–Trinajstić information content (AvgIpc) is 3.22. The summed E-state index contributed by atoms with van der Waals surface area (Å²) < 4.78 is 44.1. The van der Waals surface area contributed by atoms with Crippen LogP contribution in [0.4, 0.5) is 4.39 Å². The quantitative estimate of drug-likeness (QED) is 0.583. The molecule has 2 aliphatic rings. The SMILES string of the molecule is CC1=C2[C@@H](CC/C(=C/c3ccc(O)c(F)c3)c3ccccc3)OC[C@@H]2S(=O)(=O)C1. The number of ether oxygens (including phenoxy) is 1. The number of phenolic OH excluding ortho intramolecular Hbond substituents is 1. The number of benzene rings is 2. The molecule has 29 heavy (non-hydrogen) atoms. The molecule has 0 amide bonds. The van der Waals surface area contributed by atoms with E-state index in [0.29, 0.717) is 18.4 Å². The molecule has 152 valence electrons. The number of halogens is 1.